The molecule has 0 aliphatic heterocycles. The number of unbranched alkanes of at least 4 members (excludes halogenated alkanes) is 1. The van der Waals surface area contributed by atoms with Crippen molar-refractivity contribution >= 4 is 5.57 Å². The van der Waals surface area contributed by atoms with Gasteiger partial charge in [-0.15, -0.1) is 0 Å². The minimum Gasteiger partial charge on any atom is -0.491 e. The van der Waals surface area contributed by atoms with E-state index in [1.54, 1.807) is 25.1 Å². The maximum atomic E-state index is 15.0. The number of benzene rings is 3. The van der Waals surface area contributed by atoms with Gasteiger partial charge in [0.25, 0.3) is 0 Å². The lowest BCUT2D eigenvalue weighted by molar-refractivity contribution is 0.267. The van der Waals surface area contributed by atoms with Gasteiger partial charge in [-0.3, -0.25) is 0 Å². The van der Waals surface area contributed by atoms with Crippen LogP contribution < -0.4 is 14.2 Å². The normalized spacial score (nSPS) is 15.2. The van der Waals surface area contributed by atoms with Crippen molar-refractivity contribution < 1.29 is 36.2 Å². The van der Waals surface area contributed by atoms with Crippen LogP contribution in [0.4, 0.5) is 22.0 Å². The van der Waals surface area contributed by atoms with Gasteiger partial charge in [-0.05, 0) is 79.5 Å². The summed E-state index contributed by atoms with van der Waals surface area (Å²) < 4.78 is 88.4. The van der Waals surface area contributed by atoms with Crippen LogP contribution in [0.25, 0.3) is 5.57 Å². The predicted molar refractivity (Wildman–Crippen MR) is 140 cm³/mol. The third-order valence-electron chi connectivity index (χ3n) is 6.77. The highest BCUT2D eigenvalue weighted by Crippen LogP contribution is 2.39. The molecule has 0 aromatic heterocycles. The van der Waals surface area contributed by atoms with Crippen molar-refractivity contribution in [2.24, 2.45) is 0 Å². The fraction of sp³-hybridized carbons (Fsp3) is 0.355. The van der Waals surface area contributed by atoms with Crippen molar-refractivity contribution in [3.63, 3.8) is 0 Å². The van der Waals surface area contributed by atoms with E-state index in [1.807, 2.05) is 13.0 Å². The van der Waals surface area contributed by atoms with Gasteiger partial charge < -0.3 is 14.2 Å². The lowest BCUT2D eigenvalue weighted by Crippen LogP contribution is -2.09. The molecule has 1 atom stereocenters. The topological polar surface area (TPSA) is 27.7 Å². The van der Waals surface area contributed by atoms with Crippen molar-refractivity contribution in [2.75, 3.05) is 13.2 Å². The van der Waals surface area contributed by atoms with Gasteiger partial charge in [0, 0.05) is 5.56 Å². The summed E-state index contributed by atoms with van der Waals surface area (Å²) in [4.78, 5) is 0. The maximum Gasteiger partial charge on any atom is 0.204 e. The van der Waals surface area contributed by atoms with Crippen LogP contribution in [0.15, 0.2) is 48.5 Å². The predicted octanol–water partition coefficient (Wildman–Crippen LogP) is 8.89. The molecule has 0 heterocycles. The molecule has 3 nitrogen and oxygen atoms in total. The minimum atomic E-state index is -1.16. The molecule has 3 aromatic carbocycles. The second-order valence-corrected chi connectivity index (χ2v) is 9.41. The molecule has 0 saturated heterocycles. The molecule has 0 fully saturated rings. The average molecular weight is 547 g/mol. The Balaban J connectivity index is 1.40. The second kappa shape index (κ2) is 13.0. The van der Waals surface area contributed by atoms with Gasteiger partial charge in [-0.25, -0.2) is 8.78 Å². The van der Waals surface area contributed by atoms with Gasteiger partial charge in [0.05, 0.1) is 13.2 Å². The number of rotatable bonds is 11. The zero-order chi connectivity index (χ0) is 27.9. The number of allylic oxidation sites excluding steroid dienone is 2. The Morgan fingerprint density at radius 2 is 1.44 bits per heavy atom. The van der Waals surface area contributed by atoms with Crippen LogP contribution in [0.5, 0.6) is 17.2 Å². The van der Waals surface area contributed by atoms with E-state index >= 15 is 0 Å². The van der Waals surface area contributed by atoms with E-state index in [-0.39, 0.29) is 48.6 Å². The van der Waals surface area contributed by atoms with Gasteiger partial charge in [-0.2, -0.15) is 13.2 Å². The molecule has 0 spiro atoms. The first-order chi connectivity index (χ1) is 18.8. The quantitative estimate of drug-likeness (QED) is 0.178. The van der Waals surface area contributed by atoms with Gasteiger partial charge in [0.15, 0.2) is 23.1 Å². The van der Waals surface area contributed by atoms with Crippen LogP contribution >= 0.6 is 0 Å². The first-order valence-corrected chi connectivity index (χ1v) is 13.2. The molecule has 1 unspecified atom stereocenters. The third kappa shape index (κ3) is 6.54. The summed E-state index contributed by atoms with van der Waals surface area (Å²) in [6.45, 7) is 4.02. The largest absolute Gasteiger partial charge is 0.491 e. The van der Waals surface area contributed by atoms with Gasteiger partial charge in [0.2, 0.25) is 17.5 Å². The van der Waals surface area contributed by atoms with Crippen molar-refractivity contribution in [3.05, 3.63) is 94.3 Å². The van der Waals surface area contributed by atoms with Crippen LogP contribution in [0, 0.1) is 29.1 Å². The molecule has 4 rings (SSSR count). The smallest absolute Gasteiger partial charge is 0.204 e. The molecule has 0 bridgehead atoms. The zero-order valence-electron chi connectivity index (χ0n) is 22.0. The van der Waals surface area contributed by atoms with E-state index in [0.717, 1.165) is 18.4 Å². The van der Waals surface area contributed by atoms with Gasteiger partial charge >= 0.3 is 0 Å². The van der Waals surface area contributed by atoms with Gasteiger partial charge in [-0.1, -0.05) is 37.6 Å². The second-order valence-electron chi connectivity index (χ2n) is 9.41. The molecular formula is C31H31F5O3. The van der Waals surface area contributed by atoms with Crippen molar-refractivity contribution in [2.45, 2.75) is 58.5 Å². The Hall–Kier alpha value is -3.55. The molecule has 0 N–H and O–H groups in total. The monoisotopic (exact) mass is 546 g/mol. The van der Waals surface area contributed by atoms with Crippen LogP contribution in [-0.4, -0.2) is 13.2 Å². The van der Waals surface area contributed by atoms with E-state index in [9.17, 15) is 22.0 Å². The molecular weight excluding hydrogens is 515 g/mol. The van der Waals surface area contributed by atoms with Crippen molar-refractivity contribution in [1.82, 2.24) is 0 Å². The molecule has 1 aliphatic rings. The van der Waals surface area contributed by atoms with Crippen LogP contribution in [-0.2, 0) is 6.61 Å². The van der Waals surface area contributed by atoms with E-state index in [4.69, 9.17) is 14.2 Å². The summed E-state index contributed by atoms with van der Waals surface area (Å²) in [5.74, 6) is -5.48. The highest BCUT2D eigenvalue weighted by atomic mass is 19.2. The summed E-state index contributed by atoms with van der Waals surface area (Å²) >= 11 is 0. The Kier molecular flexibility index (Phi) is 9.49. The first-order valence-electron chi connectivity index (χ1n) is 13.2. The molecule has 0 amide bonds. The third-order valence-corrected chi connectivity index (χ3v) is 6.77. The average Bonchev–Trinajstić information content (AvgIpc) is 2.94. The van der Waals surface area contributed by atoms with Crippen molar-refractivity contribution in [1.29, 1.82) is 0 Å². The first kappa shape index (κ1) is 28.5. The highest BCUT2D eigenvalue weighted by Gasteiger charge is 2.24. The lowest BCUT2D eigenvalue weighted by atomic mass is 9.82. The number of ether oxygens (including phenoxy) is 3. The van der Waals surface area contributed by atoms with E-state index in [1.165, 1.54) is 24.3 Å². The zero-order valence-corrected chi connectivity index (χ0v) is 22.0. The Morgan fingerprint density at radius 3 is 2.08 bits per heavy atom. The van der Waals surface area contributed by atoms with Crippen molar-refractivity contribution in [3.8, 4) is 17.2 Å². The molecule has 0 saturated carbocycles. The molecule has 0 radical (unpaired) electrons. The molecule has 3 aromatic rings. The summed E-state index contributed by atoms with van der Waals surface area (Å²) in [5.41, 5.74) is 1.90. The summed E-state index contributed by atoms with van der Waals surface area (Å²) in [6.07, 6.45) is 4.89. The van der Waals surface area contributed by atoms with E-state index < -0.39 is 29.1 Å². The SMILES string of the molecule is CCCCOc1ccc(OCc2ccc(C3=CCC(c4ccc(OCC)c(F)c4F)CC3)c(F)c2)c(F)c1F. The van der Waals surface area contributed by atoms with Gasteiger partial charge in [0.1, 0.15) is 12.4 Å². The number of hydrogen-bond donors (Lipinski definition) is 0. The maximum absolute atomic E-state index is 15.0. The Morgan fingerprint density at radius 1 is 0.769 bits per heavy atom. The molecule has 208 valence electrons. The van der Waals surface area contributed by atoms with Crippen LogP contribution in [0.3, 0.4) is 0 Å². The molecule has 8 heteroatoms. The summed E-state index contributed by atoms with van der Waals surface area (Å²) in [7, 11) is 0. The fourth-order valence-electron chi connectivity index (χ4n) is 4.62. The fourth-order valence-corrected chi connectivity index (χ4v) is 4.62. The summed E-state index contributed by atoms with van der Waals surface area (Å²) in [5, 5.41) is 0. The highest BCUT2D eigenvalue weighted by molar-refractivity contribution is 5.67. The molecule has 1 aliphatic carbocycles. The number of halogens is 5. The minimum absolute atomic E-state index is 0.113. The standard InChI is InChI=1S/C31H31F5O3/c1-3-5-16-38-26-14-15-27(31(36)30(26)35)39-18-19-6-11-22(24(32)17-19)20-7-9-21(10-8-20)23-12-13-25(37-4-2)29(34)28(23)33/h6-7,11-15,17,21H,3-5,8-10,16,18H2,1-2H3. The van der Waals surface area contributed by atoms with Crippen LogP contribution in [0.1, 0.15) is 68.6 Å². The Bertz CT molecular complexity index is 1340. The van der Waals surface area contributed by atoms with Crippen LogP contribution in [0.2, 0.25) is 0 Å². The molecule has 39 heavy (non-hydrogen) atoms. The number of hydrogen-bond acceptors (Lipinski definition) is 3. The Labute approximate surface area is 225 Å². The summed E-state index contributed by atoms with van der Waals surface area (Å²) in [6, 6.07) is 10.1. The van der Waals surface area contributed by atoms with E-state index in [2.05, 4.69) is 0 Å². The van der Waals surface area contributed by atoms with E-state index in [0.29, 0.717) is 30.4 Å². The lowest BCUT2D eigenvalue weighted by Gasteiger charge is -2.24.